The van der Waals surface area contributed by atoms with E-state index in [1.165, 1.54) is 0 Å². The zero-order chi connectivity index (χ0) is 15.9. The van der Waals surface area contributed by atoms with Gasteiger partial charge < -0.3 is 20.2 Å². The molecule has 1 aromatic rings. The molecule has 7 heteroatoms. The molecule has 1 aliphatic rings. The first-order chi connectivity index (χ1) is 10.6. The number of rotatable bonds is 5. The van der Waals surface area contributed by atoms with E-state index in [4.69, 9.17) is 26.9 Å². The number of halogens is 1. The molecule has 1 unspecified atom stereocenters. The summed E-state index contributed by atoms with van der Waals surface area (Å²) in [6, 6.07) is 7.38. The number of carbonyl (C=O) groups is 1. The topological polar surface area (TPSA) is 77.2 Å². The van der Waals surface area contributed by atoms with Crippen molar-refractivity contribution < 1.29 is 14.4 Å². The second kappa shape index (κ2) is 8.00. The SMILES string of the molecule is CC(O/N=C(/N)Cc1ccccc1Cl)C(=O)N1CCOCC1. The van der Waals surface area contributed by atoms with Crippen molar-refractivity contribution in [1.29, 1.82) is 0 Å². The molecule has 0 spiro atoms. The minimum Gasteiger partial charge on any atom is -0.384 e. The number of amides is 1. The lowest BCUT2D eigenvalue weighted by Gasteiger charge is -2.28. The second-order valence-corrected chi connectivity index (χ2v) is 5.44. The first-order valence-electron chi connectivity index (χ1n) is 7.16. The van der Waals surface area contributed by atoms with Crippen molar-refractivity contribution in [3.63, 3.8) is 0 Å². The maximum atomic E-state index is 12.1. The number of carbonyl (C=O) groups excluding carboxylic acids is 1. The van der Waals surface area contributed by atoms with Crippen LogP contribution in [-0.4, -0.2) is 49.0 Å². The third-order valence-corrected chi connectivity index (χ3v) is 3.70. The van der Waals surface area contributed by atoms with E-state index in [9.17, 15) is 4.79 Å². The molecule has 0 aliphatic carbocycles. The molecule has 120 valence electrons. The molecule has 1 aromatic carbocycles. The van der Waals surface area contributed by atoms with Gasteiger partial charge in [0.1, 0.15) is 5.84 Å². The normalized spacial score (nSPS) is 17.2. The fourth-order valence-corrected chi connectivity index (χ4v) is 2.30. The van der Waals surface area contributed by atoms with Gasteiger partial charge in [-0.25, -0.2) is 0 Å². The second-order valence-electron chi connectivity index (χ2n) is 5.04. The molecule has 0 bridgehead atoms. The summed E-state index contributed by atoms with van der Waals surface area (Å²) in [5.74, 6) is 0.160. The van der Waals surface area contributed by atoms with Gasteiger partial charge in [-0.3, -0.25) is 4.79 Å². The molecular formula is C15H20ClN3O3. The predicted octanol–water partition coefficient (Wildman–Crippen LogP) is 1.42. The zero-order valence-electron chi connectivity index (χ0n) is 12.5. The average Bonchev–Trinajstić information content (AvgIpc) is 2.55. The quantitative estimate of drug-likeness (QED) is 0.504. The maximum absolute atomic E-state index is 12.1. The van der Waals surface area contributed by atoms with Crippen LogP contribution >= 0.6 is 11.6 Å². The number of nitrogens with zero attached hydrogens (tertiary/aromatic N) is 2. The third kappa shape index (κ3) is 4.61. The first kappa shape index (κ1) is 16.6. The summed E-state index contributed by atoms with van der Waals surface area (Å²) in [5, 5.41) is 4.46. The van der Waals surface area contributed by atoms with E-state index in [1.807, 2.05) is 18.2 Å². The Labute approximate surface area is 134 Å². The number of hydrogen-bond acceptors (Lipinski definition) is 4. The molecule has 1 atom stereocenters. The summed E-state index contributed by atoms with van der Waals surface area (Å²) in [6.45, 7) is 3.91. The van der Waals surface area contributed by atoms with Gasteiger partial charge in [-0.05, 0) is 18.6 Å². The van der Waals surface area contributed by atoms with E-state index >= 15 is 0 Å². The van der Waals surface area contributed by atoms with Crippen LogP contribution in [0.1, 0.15) is 12.5 Å². The predicted molar refractivity (Wildman–Crippen MR) is 84.7 cm³/mol. The van der Waals surface area contributed by atoms with Gasteiger partial charge in [0.05, 0.1) is 13.2 Å². The lowest BCUT2D eigenvalue weighted by molar-refractivity contribution is -0.146. The van der Waals surface area contributed by atoms with Crippen LogP contribution in [0.4, 0.5) is 0 Å². The molecule has 1 fully saturated rings. The van der Waals surface area contributed by atoms with Gasteiger partial charge >= 0.3 is 0 Å². The molecular weight excluding hydrogens is 306 g/mol. The first-order valence-corrected chi connectivity index (χ1v) is 7.54. The summed E-state index contributed by atoms with van der Waals surface area (Å²) in [6.07, 6.45) is -0.305. The smallest absolute Gasteiger partial charge is 0.266 e. The number of oxime groups is 1. The molecule has 2 rings (SSSR count). The molecule has 1 heterocycles. The molecule has 22 heavy (non-hydrogen) atoms. The number of ether oxygens (including phenoxy) is 1. The number of hydrogen-bond donors (Lipinski definition) is 1. The Morgan fingerprint density at radius 2 is 2.14 bits per heavy atom. The van der Waals surface area contributed by atoms with Crippen molar-refractivity contribution in [3.05, 3.63) is 34.9 Å². The molecule has 1 amide bonds. The average molecular weight is 326 g/mol. The molecule has 6 nitrogen and oxygen atoms in total. The van der Waals surface area contributed by atoms with Gasteiger partial charge in [-0.2, -0.15) is 0 Å². The Morgan fingerprint density at radius 1 is 1.45 bits per heavy atom. The van der Waals surface area contributed by atoms with Gasteiger partial charge in [0.15, 0.2) is 0 Å². The van der Waals surface area contributed by atoms with Gasteiger partial charge in [-0.15, -0.1) is 0 Å². The molecule has 0 saturated carbocycles. The minimum absolute atomic E-state index is 0.113. The number of amidine groups is 1. The van der Waals surface area contributed by atoms with E-state index < -0.39 is 6.10 Å². The van der Waals surface area contributed by atoms with Crippen molar-refractivity contribution in [2.24, 2.45) is 10.9 Å². The Bertz CT molecular complexity index is 545. The number of benzene rings is 1. The monoisotopic (exact) mass is 325 g/mol. The highest BCUT2D eigenvalue weighted by molar-refractivity contribution is 6.31. The zero-order valence-corrected chi connectivity index (χ0v) is 13.3. The van der Waals surface area contributed by atoms with Crippen LogP contribution in [0.15, 0.2) is 29.4 Å². The third-order valence-electron chi connectivity index (χ3n) is 3.33. The summed E-state index contributed by atoms with van der Waals surface area (Å²) >= 11 is 6.06. The Morgan fingerprint density at radius 3 is 2.82 bits per heavy atom. The van der Waals surface area contributed by atoms with Crippen LogP contribution in [0, 0.1) is 0 Å². The Hall–Kier alpha value is -1.79. The standard InChI is InChI=1S/C15H20ClN3O3/c1-11(15(20)19-6-8-21-9-7-19)22-18-14(17)10-12-4-2-3-5-13(12)16/h2-5,11H,6-10H2,1H3,(H2,17,18). The highest BCUT2D eigenvalue weighted by atomic mass is 35.5. The van der Waals surface area contributed by atoms with Crippen molar-refractivity contribution in [2.75, 3.05) is 26.3 Å². The summed E-state index contributed by atoms with van der Waals surface area (Å²) in [5.41, 5.74) is 6.69. The summed E-state index contributed by atoms with van der Waals surface area (Å²) in [4.78, 5) is 19.1. The Kier molecular flexibility index (Phi) is 6.03. The number of nitrogens with two attached hydrogens (primary N) is 1. The summed E-state index contributed by atoms with van der Waals surface area (Å²) in [7, 11) is 0. The van der Waals surface area contributed by atoms with Crippen LogP contribution in [0.25, 0.3) is 0 Å². The molecule has 1 saturated heterocycles. The fraction of sp³-hybridized carbons (Fsp3) is 0.467. The molecule has 1 aliphatic heterocycles. The van der Waals surface area contributed by atoms with E-state index in [1.54, 1.807) is 17.9 Å². The highest BCUT2D eigenvalue weighted by Gasteiger charge is 2.23. The van der Waals surface area contributed by atoms with Crippen LogP contribution in [0.5, 0.6) is 0 Å². The molecule has 0 radical (unpaired) electrons. The lowest BCUT2D eigenvalue weighted by Crippen LogP contribution is -2.45. The Balaban J connectivity index is 1.87. The van der Waals surface area contributed by atoms with Crippen LogP contribution in [0.3, 0.4) is 0 Å². The van der Waals surface area contributed by atoms with Crippen LogP contribution < -0.4 is 5.73 Å². The van der Waals surface area contributed by atoms with E-state index in [-0.39, 0.29) is 11.7 Å². The van der Waals surface area contributed by atoms with Crippen LogP contribution in [-0.2, 0) is 20.8 Å². The van der Waals surface area contributed by atoms with Gasteiger partial charge in [0, 0.05) is 24.5 Å². The van der Waals surface area contributed by atoms with Crippen molar-refractivity contribution >= 4 is 23.3 Å². The van der Waals surface area contributed by atoms with Crippen molar-refractivity contribution in [3.8, 4) is 0 Å². The van der Waals surface area contributed by atoms with Crippen molar-refractivity contribution in [1.82, 2.24) is 4.90 Å². The maximum Gasteiger partial charge on any atom is 0.266 e. The molecule has 2 N–H and O–H groups in total. The van der Waals surface area contributed by atoms with Gasteiger partial charge in [0.25, 0.3) is 5.91 Å². The van der Waals surface area contributed by atoms with Gasteiger partial charge in [-0.1, -0.05) is 35.0 Å². The van der Waals surface area contributed by atoms with E-state index in [2.05, 4.69) is 5.16 Å². The largest absolute Gasteiger partial charge is 0.384 e. The van der Waals surface area contributed by atoms with Crippen LogP contribution in [0.2, 0.25) is 5.02 Å². The van der Waals surface area contributed by atoms with Crippen molar-refractivity contribution in [2.45, 2.75) is 19.4 Å². The van der Waals surface area contributed by atoms with Gasteiger partial charge in [0.2, 0.25) is 6.10 Å². The fourth-order valence-electron chi connectivity index (χ4n) is 2.10. The lowest BCUT2D eigenvalue weighted by atomic mass is 10.1. The van der Waals surface area contributed by atoms with E-state index in [0.29, 0.717) is 37.7 Å². The minimum atomic E-state index is -0.678. The highest BCUT2D eigenvalue weighted by Crippen LogP contribution is 2.15. The van der Waals surface area contributed by atoms with E-state index in [0.717, 1.165) is 5.56 Å². The molecule has 0 aromatic heterocycles. The number of morpholine rings is 1. The summed E-state index contributed by atoms with van der Waals surface area (Å²) < 4.78 is 5.21.